The SMILES string of the molecule is C#CCC1(CO)NN1. The van der Waals surface area contributed by atoms with Crippen molar-refractivity contribution in [3.8, 4) is 12.3 Å². The largest absolute Gasteiger partial charge is 0.393 e. The Morgan fingerprint density at radius 3 is 2.38 bits per heavy atom. The molecule has 0 aromatic heterocycles. The predicted molar refractivity (Wildman–Crippen MR) is 29.5 cm³/mol. The summed E-state index contributed by atoms with van der Waals surface area (Å²) in [5.41, 5.74) is 5.17. The van der Waals surface area contributed by atoms with Crippen molar-refractivity contribution in [3.63, 3.8) is 0 Å². The Bertz CT molecular complexity index is 123. The first-order chi connectivity index (χ1) is 3.83. The summed E-state index contributed by atoms with van der Waals surface area (Å²) in [7, 11) is 0. The van der Waals surface area contributed by atoms with E-state index in [-0.39, 0.29) is 12.3 Å². The van der Waals surface area contributed by atoms with Crippen LogP contribution in [0, 0.1) is 12.3 Å². The van der Waals surface area contributed by atoms with Crippen molar-refractivity contribution in [2.45, 2.75) is 12.1 Å². The third kappa shape index (κ3) is 0.819. The van der Waals surface area contributed by atoms with Crippen LogP contribution in [0.2, 0.25) is 0 Å². The van der Waals surface area contributed by atoms with E-state index in [4.69, 9.17) is 11.5 Å². The van der Waals surface area contributed by atoms with Gasteiger partial charge < -0.3 is 5.11 Å². The first-order valence-electron chi connectivity index (χ1n) is 2.42. The lowest BCUT2D eigenvalue weighted by Gasteiger charge is -1.99. The molecule has 8 heavy (non-hydrogen) atoms. The van der Waals surface area contributed by atoms with Gasteiger partial charge in [0.05, 0.1) is 6.61 Å². The molecule has 0 bridgehead atoms. The summed E-state index contributed by atoms with van der Waals surface area (Å²) in [4.78, 5) is 0. The summed E-state index contributed by atoms with van der Waals surface area (Å²) in [5.74, 6) is 2.44. The van der Waals surface area contributed by atoms with E-state index >= 15 is 0 Å². The standard InChI is InChI=1S/C5H8N2O/c1-2-3-5(4-8)6-7-5/h1,6-8H,3-4H2. The molecule has 0 atom stereocenters. The smallest absolute Gasteiger partial charge is 0.129 e. The molecule has 3 nitrogen and oxygen atoms in total. The van der Waals surface area contributed by atoms with Crippen molar-refractivity contribution in [1.29, 1.82) is 0 Å². The number of aliphatic hydroxyl groups is 1. The van der Waals surface area contributed by atoms with Crippen LogP contribution in [0.5, 0.6) is 0 Å². The molecular formula is C5H8N2O. The molecule has 0 aliphatic carbocycles. The van der Waals surface area contributed by atoms with E-state index < -0.39 is 0 Å². The van der Waals surface area contributed by atoms with Crippen LogP contribution in [-0.4, -0.2) is 17.4 Å². The maximum atomic E-state index is 8.57. The van der Waals surface area contributed by atoms with Gasteiger partial charge in [-0.25, -0.2) is 10.9 Å². The number of hydrogen-bond donors (Lipinski definition) is 3. The number of nitrogens with one attached hydrogen (secondary N) is 2. The average molecular weight is 112 g/mol. The normalized spacial score (nSPS) is 22.0. The maximum Gasteiger partial charge on any atom is 0.129 e. The molecule has 0 radical (unpaired) electrons. The molecule has 1 aliphatic heterocycles. The van der Waals surface area contributed by atoms with Crippen LogP contribution in [0.1, 0.15) is 6.42 Å². The lowest BCUT2D eigenvalue weighted by atomic mass is 10.2. The monoisotopic (exact) mass is 112 g/mol. The van der Waals surface area contributed by atoms with Gasteiger partial charge >= 0.3 is 0 Å². The van der Waals surface area contributed by atoms with Crippen molar-refractivity contribution in [2.24, 2.45) is 0 Å². The van der Waals surface area contributed by atoms with E-state index in [1.54, 1.807) is 0 Å². The number of hydrogen-bond acceptors (Lipinski definition) is 3. The molecule has 1 saturated heterocycles. The highest BCUT2D eigenvalue weighted by molar-refractivity contribution is 5.04. The fourth-order valence-corrected chi connectivity index (χ4v) is 0.486. The van der Waals surface area contributed by atoms with Gasteiger partial charge in [-0.15, -0.1) is 12.3 Å². The van der Waals surface area contributed by atoms with Gasteiger partial charge in [0.2, 0.25) is 0 Å². The van der Waals surface area contributed by atoms with Crippen LogP contribution in [0.25, 0.3) is 0 Å². The van der Waals surface area contributed by atoms with Crippen LogP contribution in [0.15, 0.2) is 0 Å². The second kappa shape index (κ2) is 1.75. The molecule has 0 saturated carbocycles. The highest BCUT2D eigenvalue weighted by Crippen LogP contribution is 2.11. The Morgan fingerprint density at radius 1 is 1.62 bits per heavy atom. The van der Waals surface area contributed by atoms with Gasteiger partial charge in [-0.05, 0) is 0 Å². The van der Waals surface area contributed by atoms with Crippen LogP contribution >= 0.6 is 0 Å². The summed E-state index contributed by atoms with van der Waals surface area (Å²) in [6, 6.07) is 0. The van der Waals surface area contributed by atoms with Crippen molar-refractivity contribution >= 4 is 0 Å². The minimum absolute atomic E-state index is 0.0528. The Labute approximate surface area is 48.1 Å². The Hall–Kier alpha value is -0.560. The molecule has 3 N–H and O–H groups in total. The third-order valence-electron chi connectivity index (χ3n) is 1.15. The molecular weight excluding hydrogens is 104 g/mol. The van der Waals surface area contributed by atoms with E-state index in [0.29, 0.717) is 6.42 Å². The second-order valence-corrected chi connectivity index (χ2v) is 1.87. The van der Waals surface area contributed by atoms with Crippen molar-refractivity contribution in [3.05, 3.63) is 0 Å². The lowest BCUT2D eigenvalue weighted by Crippen LogP contribution is -2.21. The van der Waals surface area contributed by atoms with Gasteiger partial charge in [0.15, 0.2) is 0 Å². The van der Waals surface area contributed by atoms with Gasteiger partial charge in [-0.3, -0.25) is 0 Å². The zero-order chi connectivity index (χ0) is 6.04. The summed E-state index contributed by atoms with van der Waals surface area (Å²) in [6.45, 7) is 0.0528. The third-order valence-corrected chi connectivity index (χ3v) is 1.15. The Balaban J connectivity index is 2.33. The molecule has 44 valence electrons. The minimum Gasteiger partial charge on any atom is -0.393 e. The van der Waals surface area contributed by atoms with E-state index in [1.165, 1.54) is 0 Å². The number of hydrazine groups is 1. The van der Waals surface area contributed by atoms with Gasteiger partial charge in [0, 0.05) is 6.42 Å². The van der Waals surface area contributed by atoms with Gasteiger partial charge in [-0.1, -0.05) is 0 Å². The topological polar surface area (TPSA) is 64.1 Å². The van der Waals surface area contributed by atoms with Crippen LogP contribution < -0.4 is 10.9 Å². The Kier molecular flexibility index (Phi) is 1.22. The quantitative estimate of drug-likeness (QED) is 0.311. The van der Waals surface area contributed by atoms with E-state index in [0.717, 1.165) is 0 Å². The van der Waals surface area contributed by atoms with Gasteiger partial charge in [-0.2, -0.15) is 0 Å². The molecule has 0 aromatic rings. The van der Waals surface area contributed by atoms with E-state index in [2.05, 4.69) is 16.8 Å². The zero-order valence-electron chi connectivity index (χ0n) is 4.44. The fraction of sp³-hybridized carbons (Fsp3) is 0.600. The molecule has 0 spiro atoms. The molecule has 1 fully saturated rings. The summed E-state index contributed by atoms with van der Waals surface area (Å²) in [6.07, 6.45) is 5.52. The molecule has 0 aromatic carbocycles. The number of rotatable bonds is 2. The van der Waals surface area contributed by atoms with Crippen LogP contribution in [0.4, 0.5) is 0 Å². The molecule has 3 heteroatoms. The minimum atomic E-state index is -0.339. The lowest BCUT2D eigenvalue weighted by molar-refractivity contribution is 0.247. The number of terminal acetylenes is 1. The van der Waals surface area contributed by atoms with Gasteiger partial charge in [0.25, 0.3) is 0 Å². The van der Waals surface area contributed by atoms with Crippen molar-refractivity contribution in [2.75, 3.05) is 6.61 Å². The summed E-state index contributed by atoms with van der Waals surface area (Å²) < 4.78 is 0. The second-order valence-electron chi connectivity index (χ2n) is 1.87. The fourth-order valence-electron chi connectivity index (χ4n) is 0.486. The highest BCUT2D eigenvalue weighted by atomic mass is 16.3. The Morgan fingerprint density at radius 2 is 2.25 bits per heavy atom. The molecule has 0 unspecified atom stereocenters. The van der Waals surface area contributed by atoms with E-state index in [9.17, 15) is 0 Å². The number of aliphatic hydroxyl groups excluding tert-OH is 1. The summed E-state index contributed by atoms with van der Waals surface area (Å²) >= 11 is 0. The first kappa shape index (κ1) is 5.57. The maximum absolute atomic E-state index is 8.57. The zero-order valence-corrected chi connectivity index (χ0v) is 4.44. The first-order valence-corrected chi connectivity index (χ1v) is 2.42. The summed E-state index contributed by atoms with van der Waals surface area (Å²) in [5, 5.41) is 8.57. The van der Waals surface area contributed by atoms with Crippen molar-refractivity contribution < 1.29 is 5.11 Å². The van der Waals surface area contributed by atoms with Crippen LogP contribution in [0.3, 0.4) is 0 Å². The van der Waals surface area contributed by atoms with E-state index in [1.807, 2.05) is 0 Å². The van der Waals surface area contributed by atoms with Crippen LogP contribution in [-0.2, 0) is 0 Å². The molecule has 1 heterocycles. The van der Waals surface area contributed by atoms with Crippen molar-refractivity contribution in [1.82, 2.24) is 10.9 Å². The predicted octanol–water partition coefficient (Wildman–Crippen LogP) is -1.19. The average Bonchev–Trinajstić information content (AvgIpc) is 2.50. The molecule has 1 rings (SSSR count). The van der Waals surface area contributed by atoms with Gasteiger partial charge in [0.1, 0.15) is 5.66 Å². The molecule has 1 aliphatic rings. The molecule has 0 amide bonds. The highest BCUT2D eigenvalue weighted by Gasteiger charge is 2.39.